The number of benzene rings is 2. The molecule has 0 amide bonds. The van der Waals surface area contributed by atoms with Crippen LogP contribution in [0.25, 0.3) is 16.6 Å². The fraction of sp³-hybridized carbons (Fsp3) is 0.0870. The highest BCUT2D eigenvalue weighted by molar-refractivity contribution is 7.90. The summed E-state index contributed by atoms with van der Waals surface area (Å²) in [6.45, 7) is 11.3. The Hall–Kier alpha value is -3.58. The molecule has 0 saturated carbocycles. The van der Waals surface area contributed by atoms with Gasteiger partial charge in [0.2, 0.25) is 0 Å². The van der Waals surface area contributed by atoms with Crippen molar-refractivity contribution < 1.29 is 8.42 Å². The third-order valence-corrected chi connectivity index (χ3v) is 6.06. The Morgan fingerprint density at radius 1 is 1.07 bits per heavy atom. The normalized spacial score (nSPS) is 12.7. The van der Waals surface area contributed by atoms with Gasteiger partial charge in [0.25, 0.3) is 10.0 Å². The molecule has 30 heavy (non-hydrogen) atoms. The second-order valence-electron chi connectivity index (χ2n) is 6.85. The molecule has 0 fully saturated rings. The maximum atomic E-state index is 13.2. The third kappa shape index (κ3) is 4.36. The first-order chi connectivity index (χ1) is 14.2. The standard InChI is InChI=1S/C23H24N4O2S/c1-16(24)14-17(2)25-19(4)26-18(3)22-15-27(23-13-9-8-12-21(22)23)30(28,29)20-10-6-5-7-11-20/h5-15H,1,3,24H2,2,4H3,(H,25,26)/b17-14+. The number of fused-ring (bicyclic) bond motifs is 1. The second-order valence-corrected chi connectivity index (χ2v) is 8.66. The fourth-order valence-corrected chi connectivity index (χ4v) is 4.57. The van der Waals surface area contributed by atoms with Gasteiger partial charge in [-0.05, 0) is 38.1 Å². The summed E-state index contributed by atoms with van der Waals surface area (Å²) in [4.78, 5) is 4.72. The zero-order valence-corrected chi connectivity index (χ0v) is 17.8. The lowest BCUT2D eigenvalue weighted by molar-refractivity contribution is 0.589. The molecule has 0 aliphatic heterocycles. The van der Waals surface area contributed by atoms with Crippen molar-refractivity contribution in [2.45, 2.75) is 18.7 Å². The Labute approximate surface area is 176 Å². The summed E-state index contributed by atoms with van der Waals surface area (Å²) in [7, 11) is -3.76. The van der Waals surface area contributed by atoms with Crippen LogP contribution in [0.15, 0.2) is 101 Å². The SMILES string of the molecule is C=C(N)/C=C(\C)N/C(C)=N/C(=C)c1cn(S(=O)(=O)c2ccccc2)c2ccccc12. The number of aliphatic imine (C=N–C) groups is 1. The summed E-state index contributed by atoms with van der Waals surface area (Å²) in [6, 6.07) is 15.6. The van der Waals surface area contributed by atoms with Gasteiger partial charge in [-0.2, -0.15) is 0 Å². The van der Waals surface area contributed by atoms with Crippen molar-refractivity contribution in [1.29, 1.82) is 0 Å². The van der Waals surface area contributed by atoms with Crippen LogP contribution < -0.4 is 11.1 Å². The molecule has 6 nitrogen and oxygen atoms in total. The highest BCUT2D eigenvalue weighted by Crippen LogP contribution is 2.30. The van der Waals surface area contributed by atoms with Gasteiger partial charge in [0.05, 0.1) is 16.1 Å². The van der Waals surface area contributed by atoms with Gasteiger partial charge in [0.15, 0.2) is 0 Å². The molecule has 0 radical (unpaired) electrons. The topological polar surface area (TPSA) is 89.5 Å². The highest BCUT2D eigenvalue weighted by atomic mass is 32.2. The summed E-state index contributed by atoms with van der Waals surface area (Å²) < 4.78 is 27.7. The number of hydrogen-bond acceptors (Lipinski definition) is 4. The van der Waals surface area contributed by atoms with Crippen LogP contribution in [-0.2, 0) is 10.0 Å². The molecule has 1 heterocycles. The predicted molar refractivity (Wildman–Crippen MR) is 123 cm³/mol. The van der Waals surface area contributed by atoms with Crippen LogP contribution >= 0.6 is 0 Å². The summed E-state index contributed by atoms with van der Waals surface area (Å²) in [5.74, 6) is 0.595. The molecule has 3 aromatic rings. The summed E-state index contributed by atoms with van der Waals surface area (Å²) in [5.41, 5.74) is 8.44. The average Bonchev–Trinajstić information content (AvgIpc) is 3.08. The zero-order chi connectivity index (χ0) is 21.9. The number of allylic oxidation sites excluding steroid dienone is 2. The van der Waals surface area contributed by atoms with E-state index in [1.165, 1.54) is 3.97 Å². The maximum absolute atomic E-state index is 13.2. The van der Waals surface area contributed by atoms with Gasteiger partial charge < -0.3 is 11.1 Å². The van der Waals surface area contributed by atoms with E-state index in [2.05, 4.69) is 23.5 Å². The molecule has 154 valence electrons. The van der Waals surface area contributed by atoms with Gasteiger partial charge in [0.1, 0.15) is 5.84 Å². The molecule has 2 aromatic carbocycles. The zero-order valence-electron chi connectivity index (χ0n) is 17.0. The summed E-state index contributed by atoms with van der Waals surface area (Å²) in [6.07, 6.45) is 3.26. The van der Waals surface area contributed by atoms with Crippen LogP contribution in [0.5, 0.6) is 0 Å². The van der Waals surface area contributed by atoms with Crippen molar-refractivity contribution in [3.8, 4) is 0 Å². The Morgan fingerprint density at radius 2 is 1.70 bits per heavy atom. The summed E-state index contributed by atoms with van der Waals surface area (Å²) >= 11 is 0. The highest BCUT2D eigenvalue weighted by Gasteiger charge is 2.21. The van der Waals surface area contributed by atoms with Crippen molar-refractivity contribution in [3.63, 3.8) is 0 Å². The van der Waals surface area contributed by atoms with Gasteiger partial charge in [-0.15, -0.1) is 0 Å². The molecular formula is C23H24N4O2S. The number of nitrogens with one attached hydrogen (secondary N) is 1. The minimum atomic E-state index is -3.76. The maximum Gasteiger partial charge on any atom is 0.268 e. The molecule has 0 unspecified atom stereocenters. The van der Waals surface area contributed by atoms with Crippen molar-refractivity contribution in [2.24, 2.45) is 10.7 Å². The van der Waals surface area contributed by atoms with Gasteiger partial charge in [-0.3, -0.25) is 0 Å². The molecule has 3 rings (SSSR count). The van der Waals surface area contributed by atoms with E-state index in [0.29, 0.717) is 28.3 Å². The number of aromatic nitrogens is 1. The number of nitrogens with zero attached hydrogens (tertiary/aromatic N) is 2. The van der Waals surface area contributed by atoms with E-state index in [9.17, 15) is 8.42 Å². The fourth-order valence-electron chi connectivity index (χ4n) is 3.17. The minimum absolute atomic E-state index is 0.215. The molecule has 7 heteroatoms. The first-order valence-electron chi connectivity index (χ1n) is 9.25. The summed E-state index contributed by atoms with van der Waals surface area (Å²) in [5, 5.41) is 3.86. The van der Waals surface area contributed by atoms with Gasteiger partial charge in [-0.1, -0.05) is 49.6 Å². The van der Waals surface area contributed by atoms with Gasteiger partial charge >= 0.3 is 0 Å². The number of hydrogen-bond donors (Lipinski definition) is 2. The van der Waals surface area contributed by atoms with Gasteiger partial charge in [0, 0.05) is 28.5 Å². The van der Waals surface area contributed by atoms with Crippen LogP contribution in [0.4, 0.5) is 0 Å². The quantitative estimate of drug-likeness (QED) is 0.355. The van der Waals surface area contributed by atoms with Crippen LogP contribution in [0.3, 0.4) is 0 Å². The average molecular weight is 421 g/mol. The Morgan fingerprint density at radius 3 is 2.37 bits per heavy atom. The van der Waals surface area contributed by atoms with E-state index in [1.54, 1.807) is 61.7 Å². The molecule has 0 spiro atoms. The van der Waals surface area contributed by atoms with Crippen molar-refractivity contribution in [3.05, 3.63) is 97.0 Å². The Balaban J connectivity index is 2.05. The van der Waals surface area contributed by atoms with Gasteiger partial charge in [-0.25, -0.2) is 17.4 Å². The molecule has 1 aromatic heterocycles. The molecule has 0 bridgehead atoms. The lowest BCUT2D eigenvalue weighted by Gasteiger charge is -2.07. The molecular weight excluding hydrogens is 396 g/mol. The largest absolute Gasteiger partial charge is 0.399 e. The smallest absolute Gasteiger partial charge is 0.268 e. The second kappa shape index (κ2) is 8.42. The lowest BCUT2D eigenvalue weighted by atomic mass is 10.1. The van der Waals surface area contributed by atoms with Crippen molar-refractivity contribution in [2.75, 3.05) is 0 Å². The Bertz CT molecular complexity index is 1280. The molecule has 0 saturated heterocycles. The van der Waals surface area contributed by atoms with E-state index in [-0.39, 0.29) is 4.90 Å². The lowest BCUT2D eigenvalue weighted by Crippen LogP contribution is -2.18. The van der Waals surface area contributed by atoms with E-state index in [1.807, 2.05) is 19.1 Å². The van der Waals surface area contributed by atoms with E-state index < -0.39 is 10.0 Å². The molecule has 0 aliphatic rings. The van der Waals surface area contributed by atoms with Crippen LogP contribution in [-0.4, -0.2) is 18.2 Å². The van der Waals surface area contributed by atoms with Crippen molar-refractivity contribution in [1.82, 2.24) is 9.29 Å². The monoisotopic (exact) mass is 420 g/mol. The van der Waals surface area contributed by atoms with E-state index in [4.69, 9.17) is 5.73 Å². The molecule has 0 aliphatic carbocycles. The number of amidine groups is 1. The number of rotatable bonds is 6. The first-order valence-corrected chi connectivity index (χ1v) is 10.7. The third-order valence-electron chi connectivity index (χ3n) is 4.37. The first kappa shape index (κ1) is 21.1. The Kier molecular flexibility index (Phi) is 5.94. The van der Waals surface area contributed by atoms with Crippen LogP contribution in [0, 0.1) is 0 Å². The predicted octanol–water partition coefficient (Wildman–Crippen LogP) is 4.23. The minimum Gasteiger partial charge on any atom is -0.399 e. The van der Waals surface area contributed by atoms with Crippen molar-refractivity contribution >= 4 is 32.5 Å². The molecule has 0 atom stereocenters. The number of para-hydroxylation sites is 1. The van der Waals surface area contributed by atoms with E-state index >= 15 is 0 Å². The molecule has 3 N–H and O–H groups in total. The number of nitrogens with two attached hydrogens (primary N) is 1. The van der Waals surface area contributed by atoms with Crippen LogP contribution in [0.2, 0.25) is 0 Å². The van der Waals surface area contributed by atoms with E-state index in [0.717, 1.165) is 11.1 Å². The van der Waals surface area contributed by atoms with Crippen LogP contribution in [0.1, 0.15) is 19.4 Å².